The second-order valence-corrected chi connectivity index (χ2v) is 7.35. The summed E-state index contributed by atoms with van der Waals surface area (Å²) in [6, 6.07) is 20.3. The third kappa shape index (κ3) is 3.77. The Kier molecular flexibility index (Phi) is 5.01. The quantitative estimate of drug-likeness (QED) is 0.365. The fraction of sp³-hybridized carbons (Fsp3) is 0.0455. The Balaban J connectivity index is 1.64. The van der Waals surface area contributed by atoms with Crippen molar-refractivity contribution >= 4 is 38.5 Å². The highest BCUT2D eigenvalue weighted by Gasteiger charge is 2.12. The van der Waals surface area contributed by atoms with Crippen molar-refractivity contribution in [3.8, 4) is 16.9 Å². The van der Waals surface area contributed by atoms with E-state index in [1.54, 1.807) is 30.3 Å². The van der Waals surface area contributed by atoms with Crippen molar-refractivity contribution < 1.29 is 9.15 Å². The Morgan fingerprint density at radius 3 is 2.52 bits per heavy atom. The molecule has 0 N–H and O–H groups in total. The summed E-state index contributed by atoms with van der Waals surface area (Å²) in [5.74, 6) is 0.638. The lowest BCUT2D eigenvalue weighted by molar-refractivity contribution is 0.306. The van der Waals surface area contributed by atoms with Gasteiger partial charge in [0.25, 0.3) is 0 Å². The summed E-state index contributed by atoms with van der Waals surface area (Å²) in [7, 11) is 0. The van der Waals surface area contributed by atoms with Gasteiger partial charge in [-0.2, -0.15) is 0 Å². The first-order chi connectivity index (χ1) is 13.1. The van der Waals surface area contributed by atoms with E-state index in [1.807, 2.05) is 36.4 Å². The van der Waals surface area contributed by atoms with Crippen molar-refractivity contribution in [1.29, 1.82) is 0 Å². The predicted molar refractivity (Wildman–Crippen MR) is 111 cm³/mol. The third-order valence-corrected chi connectivity index (χ3v) is 5.09. The molecule has 0 spiro atoms. The first-order valence-electron chi connectivity index (χ1n) is 8.29. The molecule has 27 heavy (non-hydrogen) atoms. The van der Waals surface area contributed by atoms with Crippen LogP contribution < -0.4 is 10.2 Å². The fourth-order valence-corrected chi connectivity index (χ4v) is 3.31. The molecule has 3 nitrogen and oxygen atoms in total. The fourth-order valence-electron chi connectivity index (χ4n) is 2.81. The maximum Gasteiger partial charge on any atom is 0.200 e. The average molecular weight is 442 g/mol. The molecule has 1 aromatic heterocycles. The zero-order valence-corrected chi connectivity index (χ0v) is 16.5. The highest BCUT2D eigenvalue weighted by Crippen LogP contribution is 2.28. The van der Waals surface area contributed by atoms with Gasteiger partial charge < -0.3 is 9.15 Å². The van der Waals surface area contributed by atoms with Crippen molar-refractivity contribution in [2.45, 2.75) is 6.61 Å². The van der Waals surface area contributed by atoms with E-state index in [2.05, 4.69) is 15.9 Å². The molecule has 0 amide bonds. The molecule has 0 aliphatic carbocycles. The normalized spacial score (nSPS) is 10.9. The van der Waals surface area contributed by atoms with Crippen LogP contribution in [0.25, 0.3) is 22.1 Å². The van der Waals surface area contributed by atoms with E-state index in [-0.39, 0.29) is 5.43 Å². The maximum atomic E-state index is 12.8. The molecule has 0 saturated heterocycles. The molecule has 1 heterocycles. The van der Waals surface area contributed by atoms with E-state index in [4.69, 9.17) is 20.8 Å². The number of benzene rings is 3. The van der Waals surface area contributed by atoms with Crippen molar-refractivity contribution in [2.75, 3.05) is 0 Å². The molecule has 0 bridgehead atoms. The highest BCUT2D eigenvalue weighted by atomic mass is 79.9. The monoisotopic (exact) mass is 440 g/mol. The van der Waals surface area contributed by atoms with Gasteiger partial charge in [0, 0.05) is 21.1 Å². The summed E-state index contributed by atoms with van der Waals surface area (Å²) in [4.78, 5) is 12.8. The molecule has 0 aliphatic rings. The van der Waals surface area contributed by atoms with Gasteiger partial charge in [-0.05, 0) is 35.9 Å². The first kappa shape index (κ1) is 17.8. The summed E-state index contributed by atoms with van der Waals surface area (Å²) in [5, 5.41) is 1.00. The van der Waals surface area contributed by atoms with E-state index in [9.17, 15) is 4.79 Å². The van der Waals surface area contributed by atoms with E-state index < -0.39 is 0 Å². The van der Waals surface area contributed by atoms with Gasteiger partial charge in [-0.15, -0.1) is 0 Å². The van der Waals surface area contributed by atoms with Crippen LogP contribution in [0.3, 0.4) is 0 Å². The smallest absolute Gasteiger partial charge is 0.200 e. The number of fused-ring (bicyclic) bond motifs is 1. The van der Waals surface area contributed by atoms with E-state index in [0.717, 1.165) is 10.0 Å². The lowest BCUT2D eigenvalue weighted by atomic mass is 10.1. The second kappa shape index (κ2) is 7.59. The zero-order valence-electron chi connectivity index (χ0n) is 14.1. The Hall–Kier alpha value is -2.56. The highest BCUT2D eigenvalue weighted by molar-refractivity contribution is 9.10. The van der Waals surface area contributed by atoms with Crippen LogP contribution in [0.2, 0.25) is 5.02 Å². The molecule has 0 aliphatic heterocycles. The van der Waals surface area contributed by atoms with E-state index in [0.29, 0.717) is 39.5 Å². The summed E-state index contributed by atoms with van der Waals surface area (Å²) >= 11 is 9.62. The Morgan fingerprint density at radius 1 is 0.963 bits per heavy atom. The zero-order chi connectivity index (χ0) is 18.8. The Labute approximate surface area is 169 Å². The molecule has 0 atom stereocenters. The third-order valence-electron chi connectivity index (χ3n) is 4.23. The van der Waals surface area contributed by atoms with Crippen molar-refractivity contribution in [3.05, 3.63) is 98.3 Å². The second-order valence-electron chi connectivity index (χ2n) is 6.03. The maximum absolute atomic E-state index is 12.8. The van der Waals surface area contributed by atoms with Crippen molar-refractivity contribution in [3.63, 3.8) is 0 Å². The molecule has 0 radical (unpaired) electrons. The van der Waals surface area contributed by atoms with Gasteiger partial charge in [-0.1, -0.05) is 57.9 Å². The van der Waals surface area contributed by atoms with Gasteiger partial charge in [0.1, 0.15) is 24.2 Å². The molecular formula is C22H14BrClO3. The number of ether oxygens (including phenoxy) is 1. The van der Waals surface area contributed by atoms with Gasteiger partial charge in [0.2, 0.25) is 5.43 Å². The molecule has 134 valence electrons. The Morgan fingerprint density at radius 2 is 1.74 bits per heavy atom. The predicted octanol–water partition coefficient (Wildman–Crippen LogP) is 6.45. The minimum atomic E-state index is -0.121. The average Bonchev–Trinajstić information content (AvgIpc) is 2.69. The summed E-state index contributed by atoms with van der Waals surface area (Å²) in [6.45, 7) is 0.431. The largest absolute Gasteiger partial charge is 0.489 e. The van der Waals surface area contributed by atoms with Crippen LogP contribution in [0.1, 0.15) is 5.56 Å². The van der Waals surface area contributed by atoms with Crippen LogP contribution in [0, 0.1) is 0 Å². The van der Waals surface area contributed by atoms with Gasteiger partial charge >= 0.3 is 0 Å². The number of hydrogen-bond acceptors (Lipinski definition) is 3. The molecule has 0 fully saturated rings. The van der Waals surface area contributed by atoms with E-state index in [1.165, 1.54) is 6.26 Å². The van der Waals surface area contributed by atoms with Gasteiger partial charge in [-0.25, -0.2) is 0 Å². The standard InChI is InChI=1S/C22H14BrClO3/c23-15-7-5-14(6-8-15)12-26-16-9-10-18-21(11-16)27-13-19(22(18)25)17-3-1-2-4-20(17)24/h1-11,13H,12H2. The van der Waals surface area contributed by atoms with Crippen LogP contribution in [-0.2, 0) is 6.61 Å². The number of hydrogen-bond donors (Lipinski definition) is 0. The van der Waals surface area contributed by atoms with Gasteiger partial charge in [0.05, 0.1) is 10.9 Å². The van der Waals surface area contributed by atoms with Crippen LogP contribution in [0.5, 0.6) is 5.75 Å². The van der Waals surface area contributed by atoms with Crippen LogP contribution in [0.15, 0.2) is 86.7 Å². The summed E-state index contributed by atoms with van der Waals surface area (Å²) in [5.41, 5.74) is 2.50. The van der Waals surface area contributed by atoms with Crippen LogP contribution >= 0.6 is 27.5 Å². The van der Waals surface area contributed by atoms with Crippen LogP contribution in [0.4, 0.5) is 0 Å². The van der Waals surface area contributed by atoms with Crippen molar-refractivity contribution in [1.82, 2.24) is 0 Å². The topological polar surface area (TPSA) is 39.4 Å². The minimum absolute atomic E-state index is 0.121. The summed E-state index contributed by atoms with van der Waals surface area (Å²) < 4.78 is 12.5. The molecule has 5 heteroatoms. The molecule has 4 aromatic rings. The summed E-state index contributed by atoms with van der Waals surface area (Å²) in [6.07, 6.45) is 1.45. The number of halogens is 2. The SMILES string of the molecule is O=c1c(-c2ccccc2Cl)coc2cc(OCc3ccc(Br)cc3)ccc12. The lowest BCUT2D eigenvalue weighted by Gasteiger charge is -2.08. The van der Waals surface area contributed by atoms with E-state index >= 15 is 0 Å². The van der Waals surface area contributed by atoms with Gasteiger partial charge in [0.15, 0.2) is 0 Å². The molecular weight excluding hydrogens is 428 g/mol. The van der Waals surface area contributed by atoms with Crippen molar-refractivity contribution in [2.24, 2.45) is 0 Å². The lowest BCUT2D eigenvalue weighted by Crippen LogP contribution is -2.05. The van der Waals surface area contributed by atoms with Gasteiger partial charge in [-0.3, -0.25) is 4.79 Å². The molecule has 3 aromatic carbocycles. The van der Waals surface area contributed by atoms with Crippen LogP contribution in [-0.4, -0.2) is 0 Å². The molecule has 4 rings (SSSR count). The number of rotatable bonds is 4. The Bertz CT molecular complexity index is 1170. The first-order valence-corrected chi connectivity index (χ1v) is 9.46. The molecule has 0 unspecified atom stereocenters. The minimum Gasteiger partial charge on any atom is -0.489 e. The molecule has 0 saturated carbocycles.